The summed E-state index contributed by atoms with van der Waals surface area (Å²) in [6.07, 6.45) is 1.73. The molecule has 2 aromatic carbocycles. The maximum absolute atomic E-state index is 4.70. The van der Waals surface area contributed by atoms with E-state index in [4.69, 9.17) is 4.98 Å². The molecular formula is C25H27N4S+. The molecular weight excluding hydrogens is 388 g/mol. The van der Waals surface area contributed by atoms with Gasteiger partial charge >= 0.3 is 0 Å². The lowest BCUT2D eigenvalue weighted by Gasteiger charge is -2.37. The molecule has 0 bridgehead atoms. The molecule has 1 aliphatic heterocycles. The molecule has 152 valence electrons. The highest BCUT2D eigenvalue weighted by Crippen LogP contribution is 2.34. The van der Waals surface area contributed by atoms with Crippen LogP contribution in [-0.2, 0) is 0 Å². The van der Waals surface area contributed by atoms with E-state index in [-0.39, 0.29) is 0 Å². The fourth-order valence-corrected chi connectivity index (χ4v) is 5.64. The molecule has 0 aliphatic carbocycles. The summed E-state index contributed by atoms with van der Waals surface area (Å²) in [5.41, 5.74) is 4.11. The van der Waals surface area contributed by atoms with E-state index in [0.717, 1.165) is 36.8 Å². The number of nitrogens with zero attached hydrogens (tertiary/aromatic N) is 3. The second kappa shape index (κ2) is 8.17. The Hall–Kier alpha value is -2.76. The molecule has 4 aromatic rings. The number of nitrogens with one attached hydrogen (secondary N) is 1. The minimum atomic E-state index is 0.366. The number of aryl methyl sites for hydroxylation is 2. The lowest BCUT2D eigenvalue weighted by atomic mass is 9.96. The number of anilines is 1. The zero-order valence-electron chi connectivity index (χ0n) is 17.5. The first-order valence-electron chi connectivity index (χ1n) is 10.6. The first kappa shape index (κ1) is 19.2. The van der Waals surface area contributed by atoms with Gasteiger partial charge in [0, 0.05) is 16.0 Å². The van der Waals surface area contributed by atoms with Crippen LogP contribution < -0.4 is 9.80 Å². The van der Waals surface area contributed by atoms with Crippen LogP contribution in [0.15, 0.2) is 67.0 Å². The van der Waals surface area contributed by atoms with Gasteiger partial charge in [0.15, 0.2) is 0 Å². The van der Waals surface area contributed by atoms with Crippen molar-refractivity contribution >= 4 is 27.4 Å². The van der Waals surface area contributed by atoms with Gasteiger partial charge < -0.3 is 9.80 Å². The van der Waals surface area contributed by atoms with Crippen LogP contribution >= 0.6 is 11.3 Å². The molecule has 0 spiro atoms. The fraction of sp³-hybridized carbons (Fsp3) is 0.280. The quantitative estimate of drug-likeness (QED) is 0.550. The maximum Gasteiger partial charge on any atom is 0.141 e. The highest BCUT2D eigenvalue weighted by Gasteiger charge is 2.31. The summed E-state index contributed by atoms with van der Waals surface area (Å²) in [6.45, 7) is 8.56. The molecule has 5 rings (SSSR count). The van der Waals surface area contributed by atoms with Crippen molar-refractivity contribution in [2.24, 2.45) is 0 Å². The van der Waals surface area contributed by atoms with Crippen molar-refractivity contribution < 1.29 is 4.90 Å². The van der Waals surface area contributed by atoms with Crippen molar-refractivity contribution in [3.05, 3.63) is 88.6 Å². The zero-order valence-corrected chi connectivity index (χ0v) is 18.3. The van der Waals surface area contributed by atoms with Crippen molar-refractivity contribution in [2.45, 2.75) is 19.9 Å². The monoisotopic (exact) mass is 415 g/mol. The number of quaternary nitrogens is 1. The summed E-state index contributed by atoms with van der Waals surface area (Å²) < 4.78 is 0. The molecule has 30 heavy (non-hydrogen) atoms. The van der Waals surface area contributed by atoms with E-state index in [1.807, 2.05) is 0 Å². The van der Waals surface area contributed by atoms with Gasteiger partial charge in [0.25, 0.3) is 0 Å². The number of hydrogen-bond acceptors (Lipinski definition) is 4. The van der Waals surface area contributed by atoms with Gasteiger partial charge in [0.2, 0.25) is 0 Å². The number of rotatable bonds is 4. The Balaban J connectivity index is 1.42. The highest BCUT2D eigenvalue weighted by molar-refractivity contribution is 7.18. The Kier molecular flexibility index (Phi) is 5.23. The normalized spacial score (nSPS) is 15.2. The number of aromatic nitrogens is 2. The molecule has 1 N–H and O–H groups in total. The number of fused-ring (bicyclic) bond motifs is 1. The average molecular weight is 416 g/mol. The van der Waals surface area contributed by atoms with Crippen LogP contribution in [-0.4, -0.2) is 36.1 Å². The first-order valence-corrected chi connectivity index (χ1v) is 11.4. The van der Waals surface area contributed by atoms with Gasteiger partial charge in [-0.3, -0.25) is 0 Å². The van der Waals surface area contributed by atoms with E-state index in [9.17, 15) is 0 Å². The van der Waals surface area contributed by atoms with Crippen LogP contribution in [0.2, 0.25) is 0 Å². The molecule has 1 fully saturated rings. The second-order valence-electron chi connectivity index (χ2n) is 8.06. The van der Waals surface area contributed by atoms with Gasteiger partial charge in [0.1, 0.15) is 23.0 Å². The summed E-state index contributed by atoms with van der Waals surface area (Å²) in [4.78, 5) is 15.7. The third-order valence-corrected chi connectivity index (χ3v) is 7.44. The maximum atomic E-state index is 4.70. The molecule has 0 saturated carbocycles. The van der Waals surface area contributed by atoms with Crippen molar-refractivity contribution in [3.8, 4) is 0 Å². The molecule has 1 saturated heterocycles. The van der Waals surface area contributed by atoms with Gasteiger partial charge in [0.05, 0.1) is 31.6 Å². The molecule has 1 aliphatic rings. The summed E-state index contributed by atoms with van der Waals surface area (Å²) in [6, 6.07) is 22.2. The number of thiophene rings is 1. The van der Waals surface area contributed by atoms with Crippen molar-refractivity contribution in [1.29, 1.82) is 0 Å². The van der Waals surface area contributed by atoms with Crippen LogP contribution in [0.5, 0.6) is 0 Å². The molecule has 5 heteroatoms. The van der Waals surface area contributed by atoms with Gasteiger partial charge in [-0.25, -0.2) is 9.97 Å². The lowest BCUT2D eigenvalue weighted by Crippen LogP contribution is -3.15. The molecule has 3 heterocycles. The molecule has 2 aromatic heterocycles. The predicted octanol–water partition coefficient (Wildman–Crippen LogP) is 3.80. The largest absolute Gasteiger partial charge is 0.345 e. The van der Waals surface area contributed by atoms with E-state index in [1.54, 1.807) is 22.6 Å². The number of piperazine rings is 1. The van der Waals surface area contributed by atoms with Crippen molar-refractivity contribution in [1.82, 2.24) is 9.97 Å². The van der Waals surface area contributed by atoms with Crippen molar-refractivity contribution in [3.63, 3.8) is 0 Å². The highest BCUT2D eigenvalue weighted by atomic mass is 32.1. The van der Waals surface area contributed by atoms with Gasteiger partial charge in [-0.2, -0.15) is 0 Å². The Morgan fingerprint density at radius 3 is 2.07 bits per heavy atom. The van der Waals surface area contributed by atoms with E-state index in [0.29, 0.717) is 6.04 Å². The van der Waals surface area contributed by atoms with Crippen LogP contribution in [0.4, 0.5) is 5.82 Å². The molecule has 0 amide bonds. The van der Waals surface area contributed by atoms with Crippen LogP contribution in [0, 0.1) is 13.8 Å². The standard InChI is InChI=1S/C25H26N4S/c1-18-19(2)30-25-22(18)24(26-17-27-25)29-15-13-28(14-16-29)23(20-9-5-3-6-10-20)21-11-7-4-8-12-21/h3-12,17,23H,13-16H2,1-2H3/p+1. The van der Waals surface area contributed by atoms with Crippen LogP contribution in [0.1, 0.15) is 27.6 Å². The summed E-state index contributed by atoms with van der Waals surface area (Å²) in [5.74, 6) is 1.11. The van der Waals surface area contributed by atoms with E-state index in [1.165, 1.54) is 27.0 Å². The topological polar surface area (TPSA) is 33.5 Å². The van der Waals surface area contributed by atoms with Crippen LogP contribution in [0.25, 0.3) is 10.2 Å². The Labute approximate surface area is 181 Å². The summed E-state index contributed by atoms with van der Waals surface area (Å²) in [7, 11) is 0. The minimum absolute atomic E-state index is 0.366. The summed E-state index contributed by atoms with van der Waals surface area (Å²) in [5, 5.41) is 1.24. The van der Waals surface area contributed by atoms with E-state index in [2.05, 4.69) is 84.4 Å². The lowest BCUT2D eigenvalue weighted by molar-refractivity contribution is -0.926. The van der Waals surface area contributed by atoms with Gasteiger partial charge in [-0.15, -0.1) is 11.3 Å². The van der Waals surface area contributed by atoms with Gasteiger partial charge in [-0.1, -0.05) is 60.7 Å². The van der Waals surface area contributed by atoms with E-state index >= 15 is 0 Å². The minimum Gasteiger partial charge on any atom is -0.345 e. The number of benzene rings is 2. The van der Waals surface area contributed by atoms with Gasteiger partial charge in [-0.05, 0) is 19.4 Å². The first-order chi connectivity index (χ1) is 14.7. The fourth-order valence-electron chi connectivity index (χ4n) is 4.65. The molecule has 4 nitrogen and oxygen atoms in total. The van der Waals surface area contributed by atoms with E-state index < -0.39 is 0 Å². The summed E-state index contributed by atoms with van der Waals surface area (Å²) >= 11 is 1.77. The third kappa shape index (κ3) is 3.48. The average Bonchev–Trinajstić information content (AvgIpc) is 3.10. The second-order valence-corrected chi connectivity index (χ2v) is 9.26. The Morgan fingerprint density at radius 1 is 0.867 bits per heavy atom. The Morgan fingerprint density at radius 2 is 1.47 bits per heavy atom. The molecule has 0 unspecified atom stereocenters. The molecule has 0 radical (unpaired) electrons. The van der Waals surface area contributed by atoms with Crippen molar-refractivity contribution in [2.75, 3.05) is 31.1 Å². The zero-order chi connectivity index (χ0) is 20.5. The third-order valence-electron chi connectivity index (χ3n) is 6.32. The predicted molar refractivity (Wildman–Crippen MR) is 125 cm³/mol. The Bertz CT molecular complexity index is 1090. The smallest absolute Gasteiger partial charge is 0.141 e. The van der Waals surface area contributed by atoms with Crippen LogP contribution in [0.3, 0.4) is 0 Å². The molecule has 0 atom stereocenters. The SMILES string of the molecule is Cc1sc2ncnc(N3CC[NH+](C(c4ccccc4)c4ccccc4)CC3)c2c1C. The number of hydrogen-bond donors (Lipinski definition) is 1.